The third-order valence-electron chi connectivity index (χ3n) is 4.36. The van der Waals surface area contributed by atoms with Crippen LogP contribution in [-0.2, 0) is 4.43 Å². The van der Waals surface area contributed by atoms with Crippen LogP contribution in [0.25, 0.3) is 6.08 Å². The molecule has 0 aromatic heterocycles. The van der Waals surface area contributed by atoms with Crippen LogP contribution in [-0.4, -0.2) is 14.9 Å². The third-order valence-corrected chi connectivity index (χ3v) is 8.90. The summed E-state index contributed by atoms with van der Waals surface area (Å²) in [6, 6.07) is 9.86. The maximum absolute atomic E-state index is 8.87. The van der Waals surface area contributed by atoms with Crippen LogP contribution in [0.2, 0.25) is 18.1 Å². The molecule has 0 heterocycles. The number of hydrogen-bond acceptors (Lipinski definition) is 2. The average molecular weight is 316 g/mol. The molecule has 3 heteroatoms. The number of rotatable bonds is 7. The van der Waals surface area contributed by atoms with Gasteiger partial charge in [0.05, 0.1) is 11.6 Å². The minimum atomic E-state index is -1.59. The fraction of sp³-hybridized carbons (Fsp3) is 0.526. The van der Waals surface area contributed by atoms with E-state index in [0.29, 0.717) is 10.6 Å². The summed E-state index contributed by atoms with van der Waals surface area (Å²) in [5.74, 6) is 0. The van der Waals surface area contributed by atoms with E-state index in [-0.39, 0.29) is 0 Å². The largest absolute Gasteiger partial charge is 0.417 e. The second-order valence-electron chi connectivity index (χ2n) is 7.24. The molecule has 1 aromatic rings. The van der Waals surface area contributed by atoms with Gasteiger partial charge < -0.3 is 4.43 Å². The molecule has 0 N–H and O–H groups in total. The molecule has 1 rings (SSSR count). The van der Waals surface area contributed by atoms with E-state index >= 15 is 0 Å². The number of benzene rings is 1. The van der Waals surface area contributed by atoms with Gasteiger partial charge in [0.2, 0.25) is 0 Å². The molecular formula is C19H29NOSi. The zero-order chi connectivity index (χ0) is 16.6. The molecule has 0 aliphatic heterocycles. The van der Waals surface area contributed by atoms with Gasteiger partial charge in [0, 0.05) is 6.61 Å². The first-order valence-electron chi connectivity index (χ1n) is 8.07. The molecule has 0 amide bonds. The molecule has 22 heavy (non-hydrogen) atoms. The molecule has 0 spiro atoms. The monoisotopic (exact) mass is 315 g/mol. The van der Waals surface area contributed by atoms with Gasteiger partial charge in [-0.05, 0) is 55.1 Å². The molecule has 120 valence electrons. The summed E-state index contributed by atoms with van der Waals surface area (Å²) >= 11 is 0. The summed E-state index contributed by atoms with van der Waals surface area (Å²) < 4.78 is 6.17. The zero-order valence-electron chi connectivity index (χ0n) is 14.6. The van der Waals surface area contributed by atoms with Crippen molar-refractivity contribution >= 4 is 14.4 Å². The second kappa shape index (κ2) is 8.31. The lowest BCUT2D eigenvalue weighted by molar-refractivity contribution is 0.279. The first-order chi connectivity index (χ1) is 10.3. The van der Waals surface area contributed by atoms with Gasteiger partial charge in [-0.1, -0.05) is 45.1 Å². The Labute approximate surface area is 136 Å². The molecule has 0 radical (unpaired) electrons. The summed E-state index contributed by atoms with van der Waals surface area (Å²) in [4.78, 5) is 0. The Bertz CT molecular complexity index is 535. The van der Waals surface area contributed by atoms with Gasteiger partial charge in [-0.15, -0.1) is 0 Å². The Hall–Kier alpha value is -1.37. The molecule has 0 saturated carbocycles. The average Bonchev–Trinajstić information content (AvgIpc) is 2.45. The van der Waals surface area contributed by atoms with Crippen LogP contribution in [0.3, 0.4) is 0 Å². The van der Waals surface area contributed by atoms with Crippen LogP contribution >= 0.6 is 0 Å². The molecule has 0 aliphatic carbocycles. The number of nitriles is 1. The van der Waals surface area contributed by atoms with E-state index in [0.717, 1.165) is 31.4 Å². The minimum Gasteiger partial charge on any atom is -0.417 e. The quantitative estimate of drug-likeness (QED) is 0.473. The van der Waals surface area contributed by atoms with Crippen molar-refractivity contribution in [2.45, 2.75) is 58.2 Å². The first-order valence-corrected chi connectivity index (χ1v) is 11.0. The van der Waals surface area contributed by atoms with E-state index in [1.54, 1.807) is 0 Å². The summed E-state index contributed by atoms with van der Waals surface area (Å²) in [5.41, 5.74) is 1.81. The van der Waals surface area contributed by atoms with E-state index in [9.17, 15) is 0 Å². The van der Waals surface area contributed by atoms with Gasteiger partial charge in [0.25, 0.3) is 0 Å². The third kappa shape index (κ3) is 6.17. The van der Waals surface area contributed by atoms with Gasteiger partial charge in [-0.2, -0.15) is 5.26 Å². The van der Waals surface area contributed by atoms with Crippen LogP contribution in [0.15, 0.2) is 30.3 Å². The zero-order valence-corrected chi connectivity index (χ0v) is 15.6. The van der Waals surface area contributed by atoms with E-state index in [1.807, 2.05) is 24.3 Å². The van der Waals surface area contributed by atoms with Crippen LogP contribution < -0.4 is 0 Å². The predicted molar refractivity (Wildman–Crippen MR) is 97.2 cm³/mol. The lowest BCUT2D eigenvalue weighted by Crippen LogP contribution is -2.40. The van der Waals surface area contributed by atoms with Crippen molar-refractivity contribution < 1.29 is 4.43 Å². The van der Waals surface area contributed by atoms with Crippen LogP contribution in [0.5, 0.6) is 0 Å². The lowest BCUT2D eigenvalue weighted by Gasteiger charge is -2.36. The van der Waals surface area contributed by atoms with Crippen molar-refractivity contribution in [1.82, 2.24) is 0 Å². The maximum atomic E-state index is 8.87. The molecule has 0 atom stereocenters. The van der Waals surface area contributed by atoms with Crippen molar-refractivity contribution in [3.05, 3.63) is 41.5 Å². The second-order valence-corrected chi connectivity index (χ2v) is 12.1. The molecule has 0 bridgehead atoms. The smallest absolute Gasteiger partial charge is 0.191 e. The van der Waals surface area contributed by atoms with Crippen LogP contribution in [0, 0.1) is 11.3 Å². The van der Waals surface area contributed by atoms with Crippen molar-refractivity contribution in [2.75, 3.05) is 6.61 Å². The van der Waals surface area contributed by atoms with Crippen molar-refractivity contribution in [2.24, 2.45) is 0 Å². The number of nitrogens with zero attached hydrogens (tertiary/aromatic N) is 1. The Morgan fingerprint density at radius 3 is 2.59 bits per heavy atom. The highest BCUT2D eigenvalue weighted by atomic mass is 28.4. The molecular weight excluding hydrogens is 286 g/mol. The maximum Gasteiger partial charge on any atom is 0.191 e. The highest BCUT2D eigenvalue weighted by Crippen LogP contribution is 2.36. The Kier molecular flexibility index (Phi) is 7.05. The lowest BCUT2D eigenvalue weighted by atomic mass is 10.1. The van der Waals surface area contributed by atoms with E-state index in [4.69, 9.17) is 9.69 Å². The molecule has 1 aromatic carbocycles. The van der Waals surface area contributed by atoms with Crippen molar-refractivity contribution in [3.8, 4) is 6.07 Å². The van der Waals surface area contributed by atoms with E-state index in [2.05, 4.69) is 52.1 Å². The standard InChI is InChI=1S/C19H29NOSi/c1-19(2,3)22(4,5)21-14-9-7-6-8-11-17-12-10-13-18(15-17)16-20/h8,10-13,15H,6-7,9,14H2,1-5H3/b11-8-. The predicted octanol–water partition coefficient (Wildman–Crippen LogP) is 5.76. The summed E-state index contributed by atoms with van der Waals surface area (Å²) in [5, 5.41) is 9.16. The minimum absolute atomic E-state index is 0.290. The summed E-state index contributed by atoms with van der Waals surface area (Å²) in [6.45, 7) is 12.3. The highest BCUT2D eigenvalue weighted by Gasteiger charge is 2.36. The molecule has 0 unspecified atom stereocenters. The molecule has 0 aliphatic rings. The number of hydrogen-bond donors (Lipinski definition) is 0. The van der Waals surface area contributed by atoms with Gasteiger partial charge in [0.15, 0.2) is 8.32 Å². The highest BCUT2D eigenvalue weighted by molar-refractivity contribution is 6.74. The van der Waals surface area contributed by atoms with Crippen molar-refractivity contribution in [3.63, 3.8) is 0 Å². The van der Waals surface area contributed by atoms with Crippen LogP contribution in [0.4, 0.5) is 0 Å². The van der Waals surface area contributed by atoms with E-state index < -0.39 is 8.32 Å². The number of unbranched alkanes of at least 4 members (excludes halogenated alkanes) is 2. The summed E-state index contributed by atoms with van der Waals surface area (Å²) in [7, 11) is -1.59. The van der Waals surface area contributed by atoms with Gasteiger partial charge in [-0.25, -0.2) is 0 Å². The van der Waals surface area contributed by atoms with Gasteiger partial charge >= 0.3 is 0 Å². The Morgan fingerprint density at radius 2 is 1.95 bits per heavy atom. The molecule has 0 fully saturated rings. The normalized spacial score (nSPS) is 12.5. The molecule has 0 saturated heterocycles. The van der Waals surface area contributed by atoms with Gasteiger partial charge in [-0.3, -0.25) is 0 Å². The SMILES string of the molecule is CC(C)(C)[Si](C)(C)OCCCC/C=C\c1cccc(C#N)c1. The topological polar surface area (TPSA) is 33.0 Å². The number of allylic oxidation sites excluding steroid dienone is 1. The molecule has 2 nitrogen and oxygen atoms in total. The van der Waals surface area contributed by atoms with Crippen molar-refractivity contribution in [1.29, 1.82) is 5.26 Å². The first kappa shape index (κ1) is 18.7. The van der Waals surface area contributed by atoms with Crippen LogP contribution in [0.1, 0.15) is 51.2 Å². The van der Waals surface area contributed by atoms with E-state index in [1.165, 1.54) is 0 Å². The fourth-order valence-electron chi connectivity index (χ4n) is 1.84. The van der Waals surface area contributed by atoms with Gasteiger partial charge in [0.1, 0.15) is 0 Å². The Morgan fingerprint density at radius 1 is 1.23 bits per heavy atom. The Balaban J connectivity index is 2.26. The fourth-order valence-corrected chi connectivity index (χ4v) is 2.93. The summed E-state index contributed by atoms with van der Waals surface area (Å²) in [6.07, 6.45) is 7.58.